The van der Waals surface area contributed by atoms with Crippen LogP contribution in [-0.4, -0.2) is 91.8 Å². The summed E-state index contributed by atoms with van der Waals surface area (Å²) in [5.74, 6) is -1.21. The van der Waals surface area contributed by atoms with E-state index >= 15 is 0 Å². The van der Waals surface area contributed by atoms with Crippen molar-refractivity contribution in [1.29, 1.82) is 0 Å². The number of likely N-dealkylation sites (N-methyl/N-ethyl adjacent to an activating group) is 2. The average Bonchev–Trinajstić information content (AvgIpc) is 2.38. The third-order valence-corrected chi connectivity index (χ3v) is 3.16. The van der Waals surface area contributed by atoms with Gasteiger partial charge in [0.05, 0.1) is 19.6 Å². The lowest BCUT2D eigenvalue weighted by Crippen LogP contribution is -2.45. The Labute approximate surface area is 131 Å². The lowest BCUT2D eigenvalue weighted by molar-refractivity contribution is -0.121. The highest BCUT2D eigenvalue weighted by molar-refractivity contribution is 5.76. The normalized spacial score (nSPS) is 11.3. The first-order chi connectivity index (χ1) is 10.2. The quantitative estimate of drug-likeness (QED) is 0.331. The van der Waals surface area contributed by atoms with Gasteiger partial charge in [-0.15, -0.1) is 0 Å². The molecule has 0 aromatic heterocycles. The number of primary amides is 3. The van der Waals surface area contributed by atoms with Gasteiger partial charge in [-0.05, 0) is 13.6 Å². The number of nitrogens with zero attached hydrogens (tertiary/aromatic N) is 3. The van der Waals surface area contributed by atoms with Gasteiger partial charge in [0.1, 0.15) is 0 Å². The van der Waals surface area contributed by atoms with Crippen molar-refractivity contribution in [2.45, 2.75) is 6.92 Å². The van der Waals surface area contributed by atoms with E-state index in [1.165, 1.54) is 0 Å². The van der Waals surface area contributed by atoms with E-state index < -0.39 is 11.8 Å². The Morgan fingerprint density at radius 1 is 0.727 bits per heavy atom. The van der Waals surface area contributed by atoms with Crippen LogP contribution < -0.4 is 17.2 Å². The molecular weight excluding hydrogens is 288 g/mol. The van der Waals surface area contributed by atoms with Gasteiger partial charge in [0.25, 0.3) is 0 Å². The summed E-state index contributed by atoms with van der Waals surface area (Å²) in [6.07, 6.45) is 0. The molecule has 0 saturated heterocycles. The Morgan fingerprint density at radius 2 is 1.14 bits per heavy atom. The molecule has 0 aliphatic heterocycles. The fourth-order valence-corrected chi connectivity index (χ4v) is 2.00. The highest BCUT2D eigenvalue weighted by atomic mass is 16.2. The lowest BCUT2D eigenvalue weighted by atomic mass is 10.3. The zero-order chi connectivity index (χ0) is 17.1. The molecule has 0 aromatic rings. The fourth-order valence-electron chi connectivity index (χ4n) is 2.00. The largest absolute Gasteiger partial charge is 0.369 e. The predicted octanol–water partition coefficient (Wildman–Crippen LogP) is -3.00. The SMILES string of the molecule is CCN(CCN(CCN(C)CC(N)=O)CC(N)=O)CC(N)=O. The minimum atomic E-state index is -0.421. The number of carbonyl (C=O) groups excluding carboxylic acids is 3. The van der Waals surface area contributed by atoms with E-state index in [9.17, 15) is 14.4 Å². The van der Waals surface area contributed by atoms with Crippen molar-refractivity contribution in [3.8, 4) is 0 Å². The van der Waals surface area contributed by atoms with Crippen LogP contribution in [0, 0.1) is 0 Å². The highest BCUT2D eigenvalue weighted by Gasteiger charge is 2.13. The molecule has 0 aromatic carbocycles. The summed E-state index contributed by atoms with van der Waals surface area (Å²) >= 11 is 0. The molecule has 0 unspecified atom stereocenters. The van der Waals surface area contributed by atoms with Gasteiger partial charge in [-0.2, -0.15) is 0 Å². The lowest BCUT2D eigenvalue weighted by Gasteiger charge is -2.27. The van der Waals surface area contributed by atoms with Crippen LogP contribution in [0.1, 0.15) is 6.92 Å². The van der Waals surface area contributed by atoms with Crippen molar-refractivity contribution in [3.05, 3.63) is 0 Å². The first-order valence-electron chi connectivity index (χ1n) is 7.22. The standard InChI is InChI=1S/C13H28N6O3/c1-3-18(9-12(15)21)6-7-19(10-13(16)22)5-4-17(2)8-11(14)20/h3-10H2,1-2H3,(H2,14,20)(H2,15,21)(H2,16,22). The summed E-state index contributed by atoms with van der Waals surface area (Å²) in [5, 5.41) is 0. The zero-order valence-electron chi connectivity index (χ0n) is 13.5. The van der Waals surface area contributed by atoms with E-state index in [1.807, 2.05) is 16.7 Å². The Kier molecular flexibility index (Phi) is 10.1. The highest BCUT2D eigenvalue weighted by Crippen LogP contribution is 1.94. The molecule has 0 spiro atoms. The van der Waals surface area contributed by atoms with Crippen LogP contribution in [0.5, 0.6) is 0 Å². The Balaban J connectivity index is 4.35. The minimum Gasteiger partial charge on any atom is -0.369 e. The topological polar surface area (TPSA) is 139 Å². The van der Waals surface area contributed by atoms with Gasteiger partial charge >= 0.3 is 0 Å². The average molecular weight is 316 g/mol. The predicted molar refractivity (Wildman–Crippen MR) is 83.6 cm³/mol. The van der Waals surface area contributed by atoms with Crippen molar-refractivity contribution in [3.63, 3.8) is 0 Å². The molecule has 0 fully saturated rings. The number of rotatable bonds is 13. The van der Waals surface area contributed by atoms with E-state index in [0.29, 0.717) is 32.7 Å². The van der Waals surface area contributed by atoms with Gasteiger partial charge in [-0.1, -0.05) is 6.92 Å². The first-order valence-corrected chi connectivity index (χ1v) is 7.22. The summed E-state index contributed by atoms with van der Waals surface area (Å²) in [4.78, 5) is 38.5. The molecule has 0 bridgehead atoms. The Morgan fingerprint density at radius 3 is 1.59 bits per heavy atom. The second-order valence-corrected chi connectivity index (χ2v) is 5.28. The van der Waals surface area contributed by atoms with E-state index in [-0.39, 0.29) is 25.5 Å². The molecular formula is C13H28N6O3. The van der Waals surface area contributed by atoms with Crippen molar-refractivity contribution >= 4 is 17.7 Å². The Hall–Kier alpha value is -1.71. The molecule has 3 amide bonds. The Bertz CT molecular complexity index is 377. The van der Waals surface area contributed by atoms with Crippen molar-refractivity contribution in [1.82, 2.24) is 14.7 Å². The van der Waals surface area contributed by atoms with Crippen LogP contribution in [-0.2, 0) is 14.4 Å². The van der Waals surface area contributed by atoms with E-state index in [1.54, 1.807) is 11.9 Å². The summed E-state index contributed by atoms with van der Waals surface area (Å²) in [6.45, 7) is 5.42. The van der Waals surface area contributed by atoms with Gasteiger partial charge in [0.15, 0.2) is 0 Å². The molecule has 0 aliphatic rings. The maximum Gasteiger partial charge on any atom is 0.231 e. The van der Waals surface area contributed by atoms with Crippen LogP contribution in [0.15, 0.2) is 0 Å². The van der Waals surface area contributed by atoms with Gasteiger partial charge in [-0.25, -0.2) is 0 Å². The molecule has 9 heteroatoms. The second kappa shape index (κ2) is 10.9. The molecule has 0 radical (unpaired) electrons. The third-order valence-electron chi connectivity index (χ3n) is 3.16. The van der Waals surface area contributed by atoms with Crippen LogP contribution in [0.2, 0.25) is 0 Å². The minimum absolute atomic E-state index is 0.124. The zero-order valence-corrected chi connectivity index (χ0v) is 13.5. The summed E-state index contributed by atoms with van der Waals surface area (Å²) in [5.41, 5.74) is 15.6. The number of hydrogen-bond acceptors (Lipinski definition) is 6. The number of nitrogens with two attached hydrogens (primary N) is 3. The van der Waals surface area contributed by atoms with Gasteiger partial charge in [0, 0.05) is 26.2 Å². The number of carbonyl (C=O) groups is 3. The summed E-state index contributed by atoms with van der Waals surface area (Å²) < 4.78 is 0. The van der Waals surface area contributed by atoms with Crippen molar-refractivity contribution in [2.75, 3.05) is 59.4 Å². The smallest absolute Gasteiger partial charge is 0.231 e. The maximum atomic E-state index is 11.1. The van der Waals surface area contributed by atoms with Crippen LogP contribution in [0.25, 0.3) is 0 Å². The molecule has 0 aliphatic carbocycles. The van der Waals surface area contributed by atoms with Crippen molar-refractivity contribution in [2.24, 2.45) is 17.2 Å². The van der Waals surface area contributed by atoms with Crippen molar-refractivity contribution < 1.29 is 14.4 Å². The first kappa shape index (κ1) is 20.3. The monoisotopic (exact) mass is 316 g/mol. The van der Waals surface area contributed by atoms with Crippen LogP contribution in [0.4, 0.5) is 0 Å². The molecule has 22 heavy (non-hydrogen) atoms. The third kappa shape index (κ3) is 11.0. The van der Waals surface area contributed by atoms with Gasteiger partial charge in [-0.3, -0.25) is 29.1 Å². The molecule has 0 saturated carbocycles. The molecule has 0 heterocycles. The summed E-state index contributed by atoms with van der Waals surface area (Å²) in [6, 6.07) is 0. The molecule has 9 nitrogen and oxygen atoms in total. The molecule has 0 rings (SSSR count). The number of amides is 3. The van der Waals surface area contributed by atoms with Gasteiger partial charge in [0.2, 0.25) is 17.7 Å². The maximum absolute atomic E-state index is 11.1. The molecule has 6 N–H and O–H groups in total. The van der Waals surface area contributed by atoms with Crippen LogP contribution >= 0.6 is 0 Å². The van der Waals surface area contributed by atoms with E-state index in [0.717, 1.165) is 0 Å². The van der Waals surface area contributed by atoms with Gasteiger partial charge < -0.3 is 17.2 Å². The number of hydrogen-bond donors (Lipinski definition) is 3. The van der Waals surface area contributed by atoms with E-state index in [4.69, 9.17) is 17.2 Å². The molecule has 128 valence electrons. The van der Waals surface area contributed by atoms with E-state index in [2.05, 4.69) is 0 Å². The van der Waals surface area contributed by atoms with Crippen LogP contribution in [0.3, 0.4) is 0 Å². The fraction of sp³-hybridized carbons (Fsp3) is 0.769. The molecule has 0 atom stereocenters. The second-order valence-electron chi connectivity index (χ2n) is 5.28. The summed E-state index contributed by atoms with van der Waals surface area (Å²) in [7, 11) is 1.78.